The molecule has 1 N–H and O–H groups in total. The minimum Gasteiger partial charge on any atom is -0.349 e. The van der Waals surface area contributed by atoms with Gasteiger partial charge in [-0.1, -0.05) is 18.2 Å². The van der Waals surface area contributed by atoms with Gasteiger partial charge in [0.1, 0.15) is 0 Å². The zero-order valence-electron chi connectivity index (χ0n) is 12.0. The molecule has 1 fully saturated rings. The number of carbonyl (C=O) groups is 2. The lowest BCUT2D eigenvalue weighted by Crippen LogP contribution is -2.41. The minimum absolute atomic E-state index is 0.121. The van der Waals surface area contributed by atoms with Gasteiger partial charge in [0, 0.05) is 31.1 Å². The molecule has 1 aromatic carbocycles. The molecular weight excluding hydrogens is 252 g/mol. The summed E-state index contributed by atoms with van der Waals surface area (Å²) >= 11 is 0. The molecule has 1 heterocycles. The highest BCUT2D eigenvalue weighted by Crippen LogP contribution is 2.11. The van der Waals surface area contributed by atoms with Crippen LogP contribution in [0.25, 0.3) is 0 Å². The normalized spacial score (nSPS) is 16.6. The third-order valence-electron chi connectivity index (χ3n) is 3.60. The fourth-order valence-corrected chi connectivity index (χ4v) is 2.48. The van der Waals surface area contributed by atoms with Crippen molar-refractivity contribution in [1.29, 1.82) is 0 Å². The van der Waals surface area contributed by atoms with E-state index in [4.69, 9.17) is 0 Å². The second kappa shape index (κ2) is 7.08. The molecule has 0 saturated carbocycles. The molecule has 0 aromatic heterocycles. The van der Waals surface area contributed by atoms with E-state index < -0.39 is 0 Å². The fraction of sp³-hybridized carbons (Fsp3) is 0.500. The number of amides is 2. The summed E-state index contributed by atoms with van der Waals surface area (Å²) in [6, 6.07) is 8.94. The molecule has 2 amide bonds. The molecule has 0 radical (unpaired) electrons. The number of rotatable bonds is 4. The summed E-state index contributed by atoms with van der Waals surface area (Å²) in [5.41, 5.74) is 0.629. The predicted molar refractivity (Wildman–Crippen MR) is 78.4 cm³/mol. The van der Waals surface area contributed by atoms with Gasteiger partial charge >= 0.3 is 0 Å². The average molecular weight is 274 g/mol. The van der Waals surface area contributed by atoms with Crippen LogP contribution in [0.4, 0.5) is 0 Å². The van der Waals surface area contributed by atoms with Crippen molar-refractivity contribution in [3.8, 4) is 0 Å². The topological polar surface area (TPSA) is 49.4 Å². The van der Waals surface area contributed by atoms with Crippen LogP contribution in [0, 0.1) is 0 Å². The maximum Gasteiger partial charge on any atom is 0.251 e. The summed E-state index contributed by atoms with van der Waals surface area (Å²) in [7, 11) is 0. The molecule has 0 bridgehead atoms. The van der Waals surface area contributed by atoms with Crippen LogP contribution in [0.2, 0.25) is 0 Å². The van der Waals surface area contributed by atoms with Gasteiger partial charge in [-0.3, -0.25) is 9.59 Å². The van der Waals surface area contributed by atoms with Crippen molar-refractivity contribution in [1.82, 2.24) is 10.2 Å². The van der Waals surface area contributed by atoms with E-state index in [0.29, 0.717) is 12.0 Å². The Hall–Kier alpha value is -1.84. The number of carbonyl (C=O) groups excluding carboxylic acids is 2. The molecule has 1 aliphatic rings. The van der Waals surface area contributed by atoms with Crippen LogP contribution in [0.5, 0.6) is 0 Å². The first-order valence-corrected chi connectivity index (χ1v) is 7.30. The third kappa shape index (κ3) is 4.08. The monoisotopic (exact) mass is 274 g/mol. The van der Waals surface area contributed by atoms with Gasteiger partial charge in [-0.25, -0.2) is 0 Å². The van der Waals surface area contributed by atoms with Crippen LogP contribution in [0.1, 0.15) is 43.0 Å². The van der Waals surface area contributed by atoms with Crippen molar-refractivity contribution in [2.75, 3.05) is 13.1 Å². The predicted octanol–water partition coefficient (Wildman–Crippen LogP) is 2.21. The molecule has 0 spiro atoms. The fourth-order valence-electron chi connectivity index (χ4n) is 2.48. The summed E-state index contributed by atoms with van der Waals surface area (Å²) < 4.78 is 0. The lowest BCUT2D eigenvalue weighted by Gasteiger charge is -2.28. The molecule has 1 aromatic rings. The van der Waals surface area contributed by atoms with Crippen molar-refractivity contribution < 1.29 is 9.59 Å². The summed E-state index contributed by atoms with van der Waals surface area (Å²) in [5, 5.41) is 2.88. The van der Waals surface area contributed by atoms with Gasteiger partial charge in [-0.2, -0.15) is 0 Å². The Morgan fingerprint density at radius 1 is 1.15 bits per heavy atom. The summed E-state index contributed by atoms with van der Waals surface area (Å²) in [5.74, 6) is 0.0232. The number of hydrogen-bond donors (Lipinski definition) is 1. The van der Waals surface area contributed by atoms with Crippen LogP contribution >= 0.6 is 0 Å². The second-order valence-electron chi connectivity index (χ2n) is 5.39. The van der Waals surface area contributed by atoms with E-state index in [9.17, 15) is 9.59 Å². The van der Waals surface area contributed by atoms with Gasteiger partial charge in [0.25, 0.3) is 5.91 Å². The lowest BCUT2D eigenvalue weighted by molar-refractivity contribution is -0.132. The van der Waals surface area contributed by atoms with Crippen LogP contribution in [-0.4, -0.2) is 35.8 Å². The number of likely N-dealkylation sites (tertiary alicyclic amines) is 1. The van der Waals surface area contributed by atoms with Crippen molar-refractivity contribution in [2.45, 2.75) is 38.6 Å². The van der Waals surface area contributed by atoms with E-state index in [1.54, 1.807) is 12.1 Å². The highest BCUT2D eigenvalue weighted by Gasteiger charge is 2.19. The molecule has 0 aliphatic carbocycles. The number of nitrogens with zero attached hydrogens (tertiary/aromatic N) is 1. The summed E-state index contributed by atoms with van der Waals surface area (Å²) in [4.78, 5) is 26.0. The second-order valence-corrected chi connectivity index (χ2v) is 5.39. The van der Waals surface area contributed by atoms with Crippen molar-refractivity contribution in [3.63, 3.8) is 0 Å². The molecule has 1 atom stereocenters. The molecule has 2 rings (SSSR count). The number of benzene rings is 1. The number of nitrogens with one attached hydrogen (secondary N) is 1. The highest BCUT2D eigenvalue weighted by atomic mass is 16.2. The van der Waals surface area contributed by atoms with E-state index in [2.05, 4.69) is 5.32 Å². The van der Waals surface area contributed by atoms with Crippen LogP contribution < -0.4 is 5.32 Å². The Balaban J connectivity index is 1.81. The molecule has 1 aliphatic heterocycles. The first-order valence-electron chi connectivity index (χ1n) is 7.30. The highest BCUT2D eigenvalue weighted by molar-refractivity contribution is 5.94. The van der Waals surface area contributed by atoms with E-state index in [0.717, 1.165) is 25.9 Å². The smallest absolute Gasteiger partial charge is 0.251 e. The Morgan fingerprint density at radius 3 is 2.45 bits per heavy atom. The molecule has 1 saturated heterocycles. The third-order valence-corrected chi connectivity index (χ3v) is 3.60. The maximum atomic E-state index is 12.1. The zero-order valence-corrected chi connectivity index (χ0v) is 12.0. The van der Waals surface area contributed by atoms with Gasteiger partial charge in [-0.15, -0.1) is 0 Å². The maximum absolute atomic E-state index is 12.1. The van der Waals surface area contributed by atoms with Gasteiger partial charge in [0.15, 0.2) is 0 Å². The van der Waals surface area contributed by atoms with Crippen LogP contribution in [0.15, 0.2) is 30.3 Å². The zero-order chi connectivity index (χ0) is 14.4. The van der Waals surface area contributed by atoms with Crippen molar-refractivity contribution in [3.05, 3.63) is 35.9 Å². The first kappa shape index (κ1) is 14.6. The van der Waals surface area contributed by atoms with Crippen molar-refractivity contribution >= 4 is 11.8 Å². The number of hydrogen-bond acceptors (Lipinski definition) is 2. The molecule has 0 unspecified atom stereocenters. The standard InChI is InChI=1S/C16H22N2O2/c1-13(12-15(19)18-10-6-3-7-11-18)17-16(20)14-8-4-2-5-9-14/h2,4-5,8-9,13H,3,6-7,10-12H2,1H3,(H,17,20)/t13-/m1/s1. The van der Waals surface area contributed by atoms with E-state index in [-0.39, 0.29) is 17.9 Å². The lowest BCUT2D eigenvalue weighted by atomic mass is 10.1. The SMILES string of the molecule is C[C@H](CC(=O)N1CCCCC1)NC(=O)c1ccccc1. The molecule has 108 valence electrons. The Morgan fingerprint density at radius 2 is 1.80 bits per heavy atom. The Labute approximate surface area is 120 Å². The van der Waals surface area contributed by atoms with Gasteiger partial charge < -0.3 is 10.2 Å². The van der Waals surface area contributed by atoms with Crippen LogP contribution in [0.3, 0.4) is 0 Å². The Kier molecular flexibility index (Phi) is 5.16. The van der Waals surface area contributed by atoms with Crippen molar-refractivity contribution in [2.24, 2.45) is 0 Å². The average Bonchev–Trinajstić information content (AvgIpc) is 2.49. The van der Waals surface area contributed by atoms with E-state index in [1.165, 1.54) is 6.42 Å². The Bertz CT molecular complexity index is 453. The molecule has 4 nitrogen and oxygen atoms in total. The van der Waals surface area contributed by atoms with Gasteiger partial charge in [0.05, 0.1) is 0 Å². The van der Waals surface area contributed by atoms with Gasteiger partial charge in [-0.05, 0) is 38.3 Å². The minimum atomic E-state index is -0.142. The van der Waals surface area contributed by atoms with E-state index >= 15 is 0 Å². The quantitative estimate of drug-likeness (QED) is 0.915. The largest absolute Gasteiger partial charge is 0.349 e. The van der Waals surface area contributed by atoms with E-state index in [1.807, 2.05) is 30.0 Å². The summed E-state index contributed by atoms with van der Waals surface area (Å²) in [6.45, 7) is 3.60. The molecule has 20 heavy (non-hydrogen) atoms. The molecular formula is C16H22N2O2. The molecule has 4 heteroatoms. The van der Waals surface area contributed by atoms with Crippen LogP contribution in [-0.2, 0) is 4.79 Å². The van der Waals surface area contributed by atoms with Gasteiger partial charge in [0.2, 0.25) is 5.91 Å². The summed E-state index contributed by atoms with van der Waals surface area (Å²) in [6.07, 6.45) is 3.77. The number of piperidine rings is 1. The first-order chi connectivity index (χ1) is 9.66.